The summed E-state index contributed by atoms with van der Waals surface area (Å²) >= 11 is 3.18. The molecular weight excluding hydrogens is 336 g/mol. The van der Waals surface area contributed by atoms with Gasteiger partial charge in [0.05, 0.1) is 11.8 Å². The Morgan fingerprint density at radius 3 is 2.81 bits per heavy atom. The zero-order valence-electron chi connectivity index (χ0n) is 11.5. The Morgan fingerprint density at radius 1 is 1.33 bits per heavy atom. The normalized spacial score (nSPS) is 11.2. The summed E-state index contributed by atoms with van der Waals surface area (Å²) in [6, 6.07) is 6.97. The molecule has 0 aliphatic carbocycles. The van der Waals surface area contributed by atoms with Gasteiger partial charge in [0.2, 0.25) is 0 Å². The van der Waals surface area contributed by atoms with Gasteiger partial charge in [-0.2, -0.15) is 0 Å². The number of aromatic nitrogens is 1. The first-order chi connectivity index (χ1) is 10.0. The van der Waals surface area contributed by atoms with Gasteiger partial charge in [-0.3, -0.25) is 4.79 Å². The second kappa shape index (κ2) is 5.37. The van der Waals surface area contributed by atoms with Crippen molar-refractivity contribution in [1.29, 1.82) is 0 Å². The highest BCUT2D eigenvalue weighted by Crippen LogP contribution is 2.25. The predicted octanol–water partition coefficient (Wildman–Crippen LogP) is 4.56. The van der Waals surface area contributed by atoms with Crippen LogP contribution >= 0.6 is 15.9 Å². The van der Waals surface area contributed by atoms with Crippen LogP contribution in [0.15, 0.2) is 44.0 Å². The van der Waals surface area contributed by atoms with Gasteiger partial charge in [-0.05, 0) is 40.2 Å². The fourth-order valence-electron chi connectivity index (χ4n) is 1.92. The molecule has 0 bridgehead atoms. The Morgan fingerprint density at radius 2 is 2.14 bits per heavy atom. The lowest BCUT2D eigenvalue weighted by Crippen LogP contribution is -2.11. The van der Waals surface area contributed by atoms with E-state index in [9.17, 15) is 4.79 Å². The van der Waals surface area contributed by atoms with Gasteiger partial charge in [0, 0.05) is 11.6 Å². The summed E-state index contributed by atoms with van der Waals surface area (Å²) in [5.74, 6) is 0.658. The number of nitrogens with zero attached hydrogens (tertiary/aromatic N) is 1. The molecule has 2 aromatic heterocycles. The third-order valence-electron chi connectivity index (χ3n) is 3.02. The molecule has 2 heterocycles. The number of anilines is 1. The van der Waals surface area contributed by atoms with Gasteiger partial charge in [0.1, 0.15) is 5.52 Å². The summed E-state index contributed by atoms with van der Waals surface area (Å²) in [5.41, 5.74) is 2.53. The molecule has 0 spiro atoms. The highest BCUT2D eigenvalue weighted by molar-refractivity contribution is 9.10. The van der Waals surface area contributed by atoms with Gasteiger partial charge >= 0.3 is 0 Å². The van der Waals surface area contributed by atoms with Crippen molar-refractivity contribution in [2.45, 2.75) is 19.8 Å². The van der Waals surface area contributed by atoms with Crippen LogP contribution in [0.25, 0.3) is 11.1 Å². The Balaban J connectivity index is 1.87. The fourth-order valence-corrected chi connectivity index (χ4v) is 2.34. The first-order valence-corrected chi connectivity index (χ1v) is 7.28. The van der Waals surface area contributed by atoms with Crippen LogP contribution in [0.5, 0.6) is 0 Å². The van der Waals surface area contributed by atoms with Crippen LogP contribution < -0.4 is 5.32 Å². The second-order valence-electron chi connectivity index (χ2n) is 4.95. The minimum Gasteiger partial charge on any atom is -0.457 e. The van der Waals surface area contributed by atoms with E-state index in [4.69, 9.17) is 8.83 Å². The first kappa shape index (κ1) is 13.9. The van der Waals surface area contributed by atoms with E-state index in [0.717, 1.165) is 5.52 Å². The highest BCUT2D eigenvalue weighted by Gasteiger charge is 2.14. The van der Waals surface area contributed by atoms with Crippen LogP contribution in [0.3, 0.4) is 0 Å². The lowest BCUT2D eigenvalue weighted by molar-refractivity contribution is 0.102. The van der Waals surface area contributed by atoms with E-state index in [1.165, 1.54) is 6.26 Å². The maximum absolute atomic E-state index is 12.1. The maximum atomic E-state index is 12.1. The van der Waals surface area contributed by atoms with Crippen molar-refractivity contribution < 1.29 is 13.6 Å². The lowest BCUT2D eigenvalue weighted by atomic mass is 10.2. The molecule has 0 unspecified atom stereocenters. The topological polar surface area (TPSA) is 68.3 Å². The van der Waals surface area contributed by atoms with Gasteiger partial charge in [-0.1, -0.05) is 13.8 Å². The van der Waals surface area contributed by atoms with Crippen LogP contribution in [0, 0.1) is 0 Å². The number of oxazole rings is 1. The van der Waals surface area contributed by atoms with Crippen LogP contribution in [0.1, 0.15) is 36.0 Å². The molecule has 21 heavy (non-hydrogen) atoms. The third-order valence-corrected chi connectivity index (χ3v) is 3.63. The molecule has 0 radical (unpaired) electrons. The number of fused-ring (bicyclic) bond motifs is 1. The van der Waals surface area contributed by atoms with E-state index in [2.05, 4.69) is 26.2 Å². The van der Waals surface area contributed by atoms with Crippen LogP contribution in [0.4, 0.5) is 5.69 Å². The summed E-state index contributed by atoms with van der Waals surface area (Å²) in [5, 5.41) is 2.81. The molecule has 6 heteroatoms. The Hall–Kier alpha value is -2.08. The number of carbonyl (C=O) groups is 1. The number of hydrogen-bond donors (Lipinski definition) is 1. The quantitative estimate of drug-likeness (QED) is 0.753. The zero-order chi connectivity index (χ0) is 15.0. The van der Waals surface area contributed by atoms with Crippen LogP contribution in [-0.4, -0.2) is 10.9 Å². The van der Waals surface area contributed by atoms with Crippen LogP contribution in [-0.2, 0) is 0 Å². The molecule has 0 aliphatic rings. The van der Waals surface area contributed by atoms with E-state index in [1.807, 2.05) is 13.8 Å². The van der Waals surface area contributed by atoms with Gasteiger partial charge in [-0.25, -0.2) is 4.98 Å². The Kier molecular flexibility index (Phi) is 3.55. The van der Waals surface area contributed by atoms with Gasteiger partial charge in [0.25, 0.3) is 5.91 Å². The van der Waals surface area contributed by atoms with Crippen molar-refractivity contribution in [3.05, 3.63) is 46.7 Å². The number of amides is 1. The molecule has 1 aromatic carbocycles. The SMILES string of the molecule is CC(C)c1nc2cc(NC(=O)c3ccoc3Br)ccc2o1. The average Bonchev–Trinajstić information content (AvgIpc) is 3.04. The van der Waals surface area contributed by atoms with E-state index in [0.29, 0.717) is 27.4 Å². The number of benzene rings is 1. The summed E-state index contributed by atoms with van der Waals surface area (Å²) < 4.78 is 11.1. The first-order valence-electron chi connectivity index (χ1n) is 6.49. The molecule has 108 valence electrons. The summed E-state index contributed by atoms with van der Waals surface area (Å²) in [6.07, 6.45) is 1.45. The molecule has 0 atom stereocenters. The van der Waals surface area contributed by atoms with Crippen molar-refractivity contribution in [1.82, 2.24) is 4.98 Å². The van der Waals surface area contributed by atoms with Crippen molar-refractivity contribution in [2.24, 2.45) is 0 Å². The molecule has 0 aliphatic heterocycles. The molecule has 1 N–H and O–H groups in total. The Labute approximate surface area is 129 Å². The van der Waals surface area contributed by atoms with E-state index >= 15 is 0 Å². The molecule has 0 fully saturated rings. The maximum Gasteiger partial charge on any atom is 0.260 e. The number of rotatable bonds is 3. The predicted molar refractivity (Wildman–Crippen MR) is 82.5 cm³/mol. The van der Waals surface area contributed by atoms with E-state index in [1.54, 1.807) is 24.3 Å². The molecule has 5 nitrogen and oxygen atoms in total. The minimum atomic E-state index is -0.248. The average molecular weight is 349 g/mol. The molecule has 0 saturated carbocycles. The number of halogens is 1. The summed E-state index contributed by atoms with van der Waals surface area (Å²) in [4.78, 5) is 16.5. The zero-order valence-corrected chi connectivity index (χ0v) is 13.1. The van der Waals surface area contributed by atoms with Crippen LogP contribution in [0.2, 0.25) is 0 Å². The smallest absolute Gasteiger partial charge is 0.260 e. The summed E-state index contributed by atoms with van der Waals surface area (Å²) in [7, 11) is 0. The number of furan rings is 1. The lowest BCUT2D eigenvalue weighted by Gasteiger charge is -2.03. The monoisotopic (exact) mass is 348 g/mol. The second-order valence-corrected chi connectivity index (χ2v) is 5.67. The molecule has 0 saturated heterocycles. The molecular formula is C15H13BrN2O3. The van der Waals surface area contributed by atoms with Crippen molar-refractivity contribution in [3.63, 3.8) is 0 Å². The molecule has 1 amide bonds. The highest BCUT2D eigenvalue weighted by atomic mass is 79.9. The third kappa shape index (κ3) is 2.71. The number of hydrogen-bond acceptors (Lipinski definition) is 4. The van der Waals surface area contributed by atoms with Gasteiger partial charge < -0.3 is 14.2 Å². The standard InChI is InChI=1S/C15H13BrN2O3/c1-8(2)15-18-11-7-9(3-4-12(11)21-15)17-14(19)10-5-6-20-13(10)16/h3-8H,1-2H3,(H,17,19). The van der Waals surface area contributed by atoms with E-state index in [-0.39, 0.29) is 11.8 Å². The molecule has 3 aromatic rings. The minimum absolute atomic E-state index is 0.220. The summed E-state index contributed by atoms with van der Waals surface area (Å²) in [6.45, 7) is 4.04. The van der Waals surface area contributed by atoms with E-state index < -0.39 is 0 Å². The fraction of sp³-hybridized carbons (Fsp3) is 0.200. The largest absolute Gasteiger partial charge is 0.457 e. The number of carbonyl (C=O) groups excluding carboxylic acids is 1. The van der Waals surface area contributed by atoms with Crippen molar-refractivity contribution in [3.8, 4) is 0 Å². The van der Waals surface area contributed by atoms with Crippen molar-refractivity contribution >= 4 is 38.6 Å². The Bertz CT molecular complexity index is 804. The number of nitrogens with one attached hydrogen (secondary N) is 1. The van der Waals surface area contributed by atoms with Gasteiger partial charge in [-0.15, -0.1) is 0 Å². The molecule has 3 rings (SSSR count). The van der Waals surface area contributed by atoms with Crippen molar-refractivity contribution in [2.75, 3.05) is 5.32 Å². The van der Waals surface area contributed by atoms with Gasteiger partial charge in [0.15, 0.2) is 16.1 Å².